The van der Waals surface area contributed by atoms with Crippen LogP contribution < -0.4 is 24.3 Å². The summed E-state index contributed by atoms with van der Waals surface area (Å²) in [4.78, 5) is 28.9. The highest BCUT2D eigenvalue weighted by atomic mass is 32.1. The Balaban J connectivity index is 1.86. The van der Waals surface area contributed by atoms with Crippen LogP contribution in [0.5, 0.6) is 17.2 Å². The number of hydrogen-bond acceptors (Lipinski definition) is 7. The molecule has 0 aliphatic carbocycles. The van der Waals surface area contributed by atoms with Crippen molar-refractivity contribution < 1.29 is 32.2 Å². The van der Waals surface area contributed by atoms with E-state index in [-0.39, 0.29) is 21.0 Å². The second-order valence-corrected chi connectivity index (χ2v) is 6.52. The molecule has 2 aromatic carbocycles. The third-order valence-corrected chi connectivity index (χ3v) is 4.50. The topological polar surface area (TPSA) is 86.8 Å². The minimum atomic E-state index is -4.82. The van der Waals surface area contributed by atoms with Crippen LogP contribution in [-0.4, -0.2) is 31.5 Å². The maximum Gasteiger partial charge on any atom is 0.573 e. The average Bonchev–Trinajstić information content (AvgIpc) is 2.66. The highest BCUT2D eigenvalue weighted by Gasteiger charge is 2.31. The van der Waals surface area contributed by atoms with Crippen LogP contribution in [0.15, 0.2) is 41.2 Å². The van der Waals surface area contributed by atoms with E-state index < -0.39 is 18.0 Å². The van der Waals surface area contributed by atoms with Crippen molar-refractivity contribution in [3.05, 3.63) is 51.5 Å². The van der Waals surface area contributed by atoms with Crippen LogP contribution in [0.1, 0.15) is 10.4 Å². The van der Waals surface area contributed by atoms with Crippen molar-refractivity contribution in [3.63, 3.8) is 0 Å². The third-order valence-electron chi connectivity index (χ3n) is 3.70. The molecule has 0 saturated heterocycles. The van der Waals surface area contributed by atoms with Gasteiger partial charge in [0.1, 0.15) is 5.75 Å². The van der Waals surface area contributed by atoms with Gasteiger partial charge in [0.05, 0.1) is 25.1 Å². The molecule has 1 N–H and O–H groups in total. The van der Waals surface area contributed by atoms with Crippen LogP contribution in [0.25, 0.3) is 10.9 Å². The lowest BCUT2D eigenvalue weighted by molar-refractivity contribution is -0.274. The summed E-state index contributed by atoms with van der Waals surface area (Å²) < 4.78 is 50.3. The standard InChI is InChI=1S/C18H13F3N2O5S/c1-26-13-7-11-12(8-14(13)27-2)22-17(29-16(11)25)23-15(24)9-3-5-10(6-4-9)28-18(19,20)21/h3-8H,1-2H3,(H,22,23,24). The van der Waals surface area contributed by atoms with Gasteiger partial charge >= 0.3 is 6.36 Å². The first-order chi connectivity index (χ1) is 13.7. The summed E-state index contributed by atoms with van der Waals surface area (Å²) in [7, 11) is 2.87. The number of anilines is 1. The molecule has 152 valence electrons. The fourth-order valence-corrected chi connectivity index (χ4v) is 3.17. The normalized spacial score (nSPS) is 11.2. The first kappa shape index (κ1) is 20.4. The maximum absolute atomic E-state index is 12.4. The number of ether oxygens (including phenoxy) is 3. The molecule has 0 fully saturated rings. The summed E-state index contributed by atoms with van der Waals surface area (Å²) in [5.41, 5.74) is 0.351. The summed E-state index contributed by atoms with van der Waals surface area (Å²) in [5, 5.41) is 2.77. The van der Waals surface area contributed by atoms with Crippen LogP contribution in [0.3, 0.4) is 0 Å². The molecule has 0 unspecified atom stereocenters. The number of hydrogen-bond donors (Lipinski definition) is 1. The Morgan fingerprint density at radius 1 is 1.07 bits per heavy atom. The molecule has 11 heteroatoms. The van der Waals surface area contributed by atoms with Crippen molar-refractivity contribution in [2.75, 3.05) is 19.5 Å². The number of carbonyl (C=O) groups excluding carboxylic acids is 1. The van der Waals surface area contributed by atoms with Gasteiger partial charge < -0.3 is 14.2 Å². The van der Waals surface area contributed by atoms with Crippen molar-refractivity contribution >= 4 is 33.3 Å². The van der Waals surface area contributed by atoms with Crippen LogP contribution in [-0.2, 0) is 0 Å². The molecule has 0 atom stereocenters. The Labute approximate surface area is 165 Å². The fourth-order valence-electron chi connectivity index (χ4n) is 2.43. The largest absolute Gasteiger partial charge is 0.573 e. The molecule has 1 amide bonds. The molecule has 0 aliphatic heterocycles. The summed E-state index contributed by atoms with van der Waals surface area (Å²) in [6.45, 7) is 0. The molecule has 0 aliphatic rings. The number of halogens is 3. The highest BCUT2D eigenvalue weighted by molar-refractivity contribution is 7.13. The predicted molar refractivity (Wildman–Crippen MR) is 100 cm³/mol. The van der Waals surface area contributed by atoms with Gasteiger partial charge in [0, 0.05) is 11.6 Å². The monoisotopic (exact) mass is 426 g/mol. The zero-order chi connectivity index (χ0) is 21.2. The lowest BCUT2D eigenvalue weighted by Gasteiger charge is -2.10. The zero-order valence-corrected chi connectivity index (χ0v) is 15.8. The van der Waals surface area contributed by atoms with Crippen molar-refractivity contribution in [3.8, 4) is 17.2 Å². The van der Waals surface area contributed by atoms with Crippen molar-refractivity contribution in [2.24, 2.45) is 0 Å². The van der Waals surface area contributed by atoms with E-state index in [1.807, 2.05) is 0 Å². The Bertz CT molecular complexity index is 1110. The Morgan fingerprint density at radius 2 is 1.69 bits per heavy atom. The number of amides is 1. The molecule has 0 spiro atoms. The molecular weight excluding hydrogens is 413 g/mol. The lowest BCUT2D eigenvalue weighted by atomic mass is 10.2. The van der Waals surface area contributed by atoms with Gasteiger partial charge in [-0.15, -0.1) is 13.2 Å². The molecule has 7 nitrogen and oxygen atoms in total. The second-order valence-electron chi connectivity index (χ2n) is 5.56. The second kappa shape index (κ2) is 7.95. The van der Waals surface area contributed by atoms with Crippen LogP contribution >= 0.6 is 11.3 Å². The van der Waals surface area contributed by atoms with Gasteiger partial charge in [-0.25, -0.2) is 4.98 Å². The molecule has 1 aromatic heterocycles. The molecule has 29 heavy (non-hydrogen) atoms. The average molecular weight is 426 g/mol. The van der Waals surface area contributed by atoms with E-state index in [2.05, 4.69) is 15.0 Å². The smallest absolute Gasteiger partial charge is 0.493 e. The quantitative estimate of drug-likeness (QED) is 0.668. The van der Waals surface area contributed by atoms with Crippen LogP contribution in [0, 0.1) is 0 Å². The van der Waals surface area contributed by atoms with E-state index >= 15 is 0 Å². The lowest BCUT2D eigenvalue weighted by Crippen LogP contribution is -2.17. The van der Waals surface area contributed by atoms with Gasteiger partial charge in [0.15, 0.2) is 16.6 Å². The van der Waals surface area contributed by atoms with Crippen LogP contribution in [0.4, 0.5) is 18.3 Å². The molecular formula is C18H13F3N2O5S. The van der Waals surface area contributed by atoms with Gasteiger partial charge in [0.2, 0.25) is 4.74 Å². The fraction of sp³-hybridized carbons (Fsp3) is 0.167. The van der Waals surface area contributed by atoms with E-state index in [0.717, 1.165) is 24.3 Å². The van der Waals surface area contributed by atoms with Crippen molar-refractivity contribution in [1.29, 1.82) is 0 Å². The number of methoxy groups -OCH3 is 2. The van der Waals surface area contributed by atoms with E-state index in [1.54, 1.807) is 0 Å². The van der Waals surface area contributed by atoms with Crippen molar-refractivity contribution in [1.82, 2.24) is 4.98 Å². The molecule has 1 heterocycles. The molecule has 0 bridgehead atoms. The first-order valence-corrected chi connectivity index (χ1v) is 8.76. The van der Waals surface area contributed by atoms with E-state index in [0.29, 0.717) is 28.2 Å². The van der Waals surface area contributed by atoms with Crippen LogP contribution in [0.2, 0.25) is 0 Å². The van der Waals surface area contributed by atoms with Gasteiger partial charge in [0.25, 0.3) is 5.91 Å². The van der Waals surface area contributed by atoms with E-state index in [1.165, 1.54) is 26.4 Å². The number of alkyl halides is 3. The molecule has 3 aromatic rings. The number of aromatic nitrogens is 1. The summed E-state index contributed by atoms with van der Waals surface area (Å²) >= 11 is 0.705. The number of benzene rings is 2. The third kappa shape index (κ3) is 4.74. The highest BCUT2D eigenvalue weighted by Crippen LogP contribution is 2.31. The zero-order valence-electron chi connectivity index (χ0n) is 15.0. The number of nitrogens with one attached hydrogen (secondary N) is 1. The van der Waals surface area contributed by atoms with Gasteiger partial charge in [-0.3, -0.25) is 14.9 Å². The molecule has 3 rings (SSSR count). The van der Waals surface area contributed by atoms with Gasteiger partial charge in [-0.2, -0.15) is 0 Å². The first-order valence-electron chi connectivity index (χ1n) is 7.94. The minimum absolute atomic E-state index is 0.0235. The SMILES string of the molecule is COc1cc2nc(NC(=O)c3ccc(OC(F)(F)F)cc3)sc(=O)c2cc1OC. The Hall–Kier alpha value is -3.34. The number of fused-ring (bicyclic) bond motifs is 1. The minimum Gasteiger partial charge on any atom is -0.493 e. The number of rotatable bonds is 5. The predicted octanol–water partition coefficient (Wildman–Crippen LogP) is 3.82. The Kier molecular flexibility index (Phi) is 5.59. The molecule has 0 radical (unpaired) electrons. The van der Waals surface area contributed by atoms with Gasteiger partial charge in [-0.1, -0.05) is 11.3 Å². The summed E-state index contributed by atoms with van der Waals surface area (Å²) in [5.74, 6) is -0.375. The summed E-state index contributed by atoms with van der Waals surface area (Å²) in [6.07, 6.45) is -4.82. The number of nitrogens with zero attached hydrogens (tertiary/aromatic N) is 1. The van der Waals surface area contributed by atoms with Crippen molar-refractivity contribution in [2.45, 2.75) is 6.36 Å². The maximum atomic E-state index is 12.4. The molecule has 0 saturated carbocycles. The van der Waals surface area contributed by atoms with Gasteiger partial charge in [-0.05, 0) is 30.3 Å². The summed E-state index contributed by atoms with van der Waals surface area (Å²) in [6, 6.07) is 7.33. The Morgan fingerprint density at radius 3 is 2.28 bits per heavy atom. The number of carbonyl (C=O) groups is 1. The van der Waals surface area contributed by atoms with E-state index in [4.69, 9.17) is 9.47 Å². The van der Waals surface area contributed by atoms with E-state index in [9.17, 15) is 22.8 Å².